The predicted molar refractivity (Wildman–Crippen MR) is 102 cm³/mol. The Morgan fingerprint density at radius 1 is 0.632 bits per heavy atom. The molecule has 0 saturated carbocycles. The summed E-state index contributed by atoms with van der Waals surface area (Å²) in [4.78, 5) is 0. The highest BCUT2D eigenvalue weighted by Gasteiger charge is 2.95. The van der Waals surface area contributed by atoms with Gasteiger partial charge in [-0.25, -0.2) is 0 Å². The third-order valence-corrected chi connectivity index (χ3v) is 6.55. The zero-order chi connectivity index (χ0) is 30.6. The quantitative estimate of drug-likeness (QED) is 0.105. The Kier molecular flexibility index (Phi) is 11.6. The maximum Gasteiger partial charge on any atom is 0.460 e. The van der Waals surface area contributed by atoms with Gasteiger partial charge in [-0.3, -0.25) is 0 Å². The molecular weight excluding hydrogens is 599 g/mol. The first-order chi connectivity index (χ1) is 16.7. The first-order valence-electron chi connectivity index (χ1n) is 10.4. The van der Waals surface area contributed by atoms with Crippen molar-refractivity contribution >= 4 is 11.8 Å². The Bertz CT molecular complexity index is 776. The molecule has 38 heavy (non-hydrogen) atoms. The van der Waals surface area contributed by atoms with Gasteiger partial charge >= 0.3 is 47.6 Å². The molecule has 1 unspecified atom stereocenters. The van der Waals surface area contributed by atoms with Gasteiger partial charge in [0.05, 0.1) is 6.26 Å². The zero-order valence-corrected chi connectivity index (χ0v) is 19.8. The van der Waals surface area contributed by atoms with E-state index in [9.17, 15) is 74.6 Å². The first-order valence-corrected chi connectivity index (χ1v) is 11.4. The van der Waals surface area contributed by atoms with Crippen molar-refractivity contribution in [3.05, 3.63) is 12.3 Å². The molecule has 0 aromatic carbocycles. The maximum atomic E-state index is 13.9. The van der Waals surface area contributed by atoms with Crippen LogP contribution in [-0.2, 0) is 0 Å². The summed E-state index contributed by atoms with van der Waals surface area (Å²) in [5.74, 6) is -57.2. The van der Waals surface area contributed by atoms with Gasteiger partial charge in [0.1, 0.15) is 0 Å². The van der Waals surface area contributed by atoms with Gasteiger partial charge < -0.3 is 5.11 Å². The second-order valence-electron chi connectivity index (χ2n) is 8.00. The van der Waals surface area contributed by atoms with Crippen molar-refractivity contribution in [1.29, 1.82) is 0 Å². The number of rotatable bonds is 16. The highest BCUT2D eigenvalue weighted by molar-refractivity contribution is 7.99. The summed E-state index contributed by atoms with van der Waals surface area (Å²) < 4.78 is 226. The highest BCUT2D eigenvalue weighted by atomic mass is 32.2. The van der Waals surface area contributed by atoms with Crippen LogP contribution in [0.4, 0.5) is 74.6 Å². The second-order valence-corrected chi connectivity index (χ2v) is 9.40. The van der Waals surface area contributed by atoms with Gasteiger partial charge in [0.2, 0.25) is 0 Å². The molecule has 0 spiro atoms. The number of allylic oxidation sites excluding steroid dienone is 1. The van der Waals surface area contributed by atoms with Crippen LogP contribution < -0.4 is 0 Å². The molecule has 0 aliphatic heterocycles. The predicted octanol–water partition coefficient (Wildman–Crippen LogP) is 9.53. The summed E-state index contributed by atoms with van der Waals surface area (Å²) in [5.41, 5.74) is 0. The molecule has 0 fully saturated rings. The molecule has 0 aliphatic carbocycles. The Hall–Kier alpha value is -1.30. The fourth-order valence-corrected chi connectivity index (χ4v) is 4.32. The van der Waals surface area contributed by atoms with Gasteiger partial charge in [-0.05, 0) is 31.4 Å². The van der Waals surface area contributed by atoms with Crippen molar-refractivity contribution < 1.29 is 79.7 Å². The van der Waals surface area contributed by atoms with E-state index in [1.165, 1.54) is 6.08 Å². The SMILES string of the molecule is CCCC(CCC/C=C/O)SCCC(F)(F)C(F)(F)C(F)(F)C(F)(F)C(F)(F)C(F)(F)C(F)(F)C(F)(F)F. The van der Waals surface area contributed by atoms with Crippen molar-refractivity contribution in [3.8, 4) is 0 Å². The van der Waals surface area contributed by atoms with Crippen molar-refractivity contribution in [1.82, 2.24) is 0 Å². The Morgan fingerprint density at radius 3 is 1.45 bits per heavy atom. The molecule has 0 aliphatic rings. The van der Waals surface area contributed by atoms with E-state index in [2.05, 4.69) is 0 Å². The van der Waals surface area contributed by atoms with Gasteiger partial charge in [0.15, 0.2) is 0 Å². The molecule has 0 aromatic heterocycles. The van der Waals surface area contributed by atoms with Gasteiger partial charge in [0.25, 0.3) is 0 Å². The number of unbranched alkanes of at least 4 members (excludes halogenated alkanes) is 1. The molecule has 0 bridgehead atoms. The monoisotopic (exact) mass is 620 g/mol. The molecule has 0 amide bonds. The van der Waals surface area contributed by atoms with E-state index >= 15 is 0 Å². The number of halogens is 17. The van der Waals surface area contributed by atoms with Crippen LogP contribution in [0.15, 0.2) is 12.3 Å². The van der Waals surface area contributed by atoms with Gasteiger partial charge in [0, 0.05) is 11.7 Å². The van der Waals surface area contributed by atoms with E-state index in [0.29, 0.717) is 30.9 Å². The zero-order valence-electron chi connectivity index (χ0n) is 19.0. The smallest absolute Gasteiger partial charge is 0.460 e. The average molecular weight is 620 g/mol. The standard InChI is InChI=1S/C19H21F17OS/c1-2-6-11(7-4-3-5-9-37)38-10-8-12(20,21)13(22,23)14(24,25)15(26,27)16(28,29)17(30,31)18(32,33)19(34,35)36/h5,9,11,37H,2-4,6-8,10H2,1H3/b9-5+. The number of thioether (sulfide) groups is 1. The van der Waals surface area contributed by atoms with E-state index in [-0.39, 0.29) is 19.3 Å². The molecule has 1 N–H and O–H groups in total. The third kappa shape index (κ3) is 6.53. The lowest BCUT2D eigenvalue weighted by atomic mass is 9.88. The van der Waals surface area contributed by atoms with Crippen molar-refractivity contribution in [2.75, 3.05) is 5.75 Å². The normalized spacial score (nSPS) is 16.4. The van der Waals surface area contributed by atoms with Gasteiger partial charge in [-0.1, -0.05) is 19.4 Å². The van der Waals surface area contributed by atoms with Crippen molar-refractivity contribution in [3.63, 3.8) is 0 Å². The Morgan fingerprint density at radius 2 is 1.05 bits per heavy atom. The molecule has 228 valence electrons. The summed E-state index contributed by atoms with van der Waals surface area (Å²) in [7, 11) is 0. The molecule has 0 radical (unpaired) electrons. The lowest BCUT2D eigenvalue weighted by Crippen LogP contribution is -2.74. The fourth-order valence-electron chi connectivity index (χ4n) is 2.88. The largest absolute Gasteiger partial charge is 0.516 e. The molecular formula is C19H21F17OS. The lowest BCUT2D eigenvalue weighted by molar-refractivity contribution is -0.461. The lowest BCUT2D eigenvalue weighted by Gasteiger charge is -2.42. The summed E-state index contributed by atoms with van der Waals surface area (Å²) in [6.45, 7) is 1.60. The maximum absolute atomic E-state index is 13.9. The third-order valence-electron chi connectivity index (χ3n) is 5.17. The van der Waals surface area contributed by atoms with Crippen LogP contribution in [0, 0.1) is 0 Å². The summed E-state index contributed by atoms with van der Waals surface area (Å²) in [6.07, 6.45) is -6.77. The minimum absolute atomic E-state index is 0.202. The van der Waals surface area contributed by atoms with E-state index in [4.69, 9.17) is 5.11 Å². The second kappa shape index (κ2) is 12.1. The fraction of sp³-hybridized carbons (Fsp3) is 0.895. The van der Waals surface area contributed by atoms with Gasteiger partial charge in [-0.2, -0.15) is 86.4 Å². The molecule has 1 nitrogen and oxygen atoms in total. The molecule has 0 heterocycles. The molecule has 19 heteroatoms. The van der Waals surface area contributed by atoms with Crippen LogP contribution in [0.25, 0.3) is 0 Å². The summed E-state index contributed by atoms with van der Waals surface area (Å²) >= 11 is 0.457. The van der Waals surface area contributed by atoms with E-state index in [1.54, 1.807) is 6.92 Å². The number of aliphatic hydroxyl groups is 1. The highest BCUT2D eigenvalue weighted by Crippen LogP contribution is 2.64. The molecule has 0 aromatic rings. The van der Waals surface area contributed by atoms with E-state index < -0.39 is 65.1 Å². The Balaban J connectivity index is 6.03. The summed E-state index contributed by atoms with van der Waals surface area (Å²) in [6, 6.07) is 0. The minimum Gasteiger partial charge on any atom is -0.516 e. The van der Waals surface area contributed by atoms with Crippen LogP contribution in [-0.4, -0.2) is 63.7 Å². The van der Waals surface area contributed by atoms with Crippen LogP contribution in [0.1, 0.15) is 45.4 Å². The van der Waals surface area contributed by atoms with Crippen LogP contribution in [0.3, 0.4) is 0 Å². The van der Waals surface area contributed by atoms with Crippen molar-refractivity contribution in [2.45, 2.75) is 98.3 Å². The average Bonchev–Trinajstić information content (AvgIpc) is 2.74. The topological polar surface area (TPSA) is 20.2 Å². The van der Waals surface area contributed by atoms with Gasteiger partial charge in [-0.15, -0.1) is 0 Å². The minimum atomic E-state index is -8.61. The van der Waals surface area contributed by atoms with E-state index in [1.807, 2.05) is 0 Å². The first kappa shape index (κ1) is 36.7. The van der Waals surface area contributed by atoms with Crippen LogP contribution in [0.5, 0.6) is 0 Å². The number of hydrogen-bond donors (Lipinski definition) is 1. The van der Waals surface area contributed by atoms with Crippen LogP contribution in [0.2, 0.25) is 0 Å². The van der Waals surface area contributed by atoms with Crippen molar-refractivity contribution in [2.24, 2.45) is 0 Å². The number of alkyl halides is 17. The molecule has 0 saturated heterocycles. The number of hydrogen-bond acceptors (Lipinski definition) is 2. The van der Waals surface area contributed by atoms with E-state index in [0.717, 1.165) is 0 Å². The number of aliphatic hydroxyl groups excluding tert-OH is 1. The Labute approximate surface area is 208 Å². The molecule has 1 atom stereocenters. The summed E-state index contributed by atoms with van der Waals surface area (Å²) in [5, 5.41) is 7.91. The molecule has 0 rings (SSSR count). The van der Waals surface area contributed by atoms with Crippen LogP contribution >= 0.6 is 11.8 Å².